The Balaban J connectivity index is 2.63. The molecule has 0 saturated heterocycles. The van der Waals surface area contributed by atoms with Crippen LogP contribution in [0.2, 0.25) is 0 Å². The molecule has 0 atom stereocenters. The number of esters is 1. The maximum absolute atomic E-state index is 11.6. The first-order valence-electron chi connectivity index (χ1n) is 5.03. The van der Waals surface area contributed by atoms with Crippen LogP contribution in [0.4, 0.5) is 0 Å². The van der Waals surface area contributed by atoms with Crippen molar-refractivity contribution in [2.45, 2.75) is 13.3 Å². The SMILES string of the molecule is CCOC(=O)C(=O)CC(=O)c1ccc(I)cc1. The number of Topliss-reactive ketones (excluding diaryl/α,β-unsaturated/α-hetero) is 2. The second-order valence-corrected chi connectivity index (χ2v) is 4.50. The quantitative estimate of drug-likeness (QED) is 0.269. The summed E-state index contributed by atoms with van der Waals surface area (Å²) in [6.45, 7) is 1.73. The second-order valence-electron chi connectivity index (χ2n) is 3.25. The Morgan fingerprint density at radius 3 is 2.29 bits per heavy atom. The summed E-state index contributed by atoms with van der Waals surface area (Å²) in [5.74, 6) is -2.14. The van der Waals surface area contributed by atoms with Gasteiger partial charge in [0.2, 0.25) is 5.78 Å². The molecule has 0 spiro atoms. The summed E-state index contributed by atoms with van der Waals surface area (Å²) in [6, 6.07) is 6.79. The van der Waals surface area contributed by atoms with Gasteiger partial charge in [-0.25, -0.2) is 4.79 Å². The van der Waals surface area contributed by atoms with Crippen LogP contribution in [0.25, 0.3) is 0 Å². The van der Waals surface area contributed by atoms with Crippen molar-refractivity contribution in [1.29, 1.82) is 0 Å². The van der Waals surface area contributed by atoms with Gasteiger partial charge in [0.15, 0.2) is 5.78 Å². The number of halogens is 1. The summed E-state index contributed by atoms with van der Waals surface area (Å²) in [4.78, 5) is 34.0. The van der Waals surface area contributed by atoms with Crippen LogP contribution >= 0.6 is 22.6 Å². The molecule has 4 nitrogen and oxygen atoms in total. The van der Waals surface area contributed by atoms with Crippen molar-refractivity contribution >= 4 is 40.1 Å². The van der Waals surface area contributed by atoms with Gasteiger partial charge in [0.1, 0.15) is 0 Å². The smallest absolute Gasteiger partial charge is 0.375 e. The fourth-order valence-electron chi connectivity index (χ4n) is 1.17. The van der Waals surface area contributed by atoms with E-state index >= 15 is 0 Å². The van der Waals surface area contributed by atoms with Crippen LogP contribution in [-0.4, -0.2) is 24.1 Å². The molecule has 0 bridgehead atoms. The molecule has 1 aromatic carbocycles. The van der Waals surface area contributed by atoms with Crippen LogP contribution < -0.4 is 0 Å². The predicted molar refractivity (Wildman–Crippen MR) is 69.7 cm³/mol. The summed E-state index contributed by atoms with van der Waals surface area (Å²) in [5.41, 5.74) is 0.420. The summed E-state index contributed by atoms with van der Waals surface area (Å²) in [7, 11) is 0. The highest BCUT2D eigenvalue weighted by Crippen LogP contribution is 2.09. The topological polar surface area (TPSA) is 60.4 Å². The molecule has 0 amide bonds. The van der Waals surface area contributed by atoms with Gasteiger partial charge in [0.05, 0.1) is 13.0 Å². The zero-order chi connectivity index (χ0) is 12.8. The van der Waals surface area contributed by atoms with Crippen LogP contribution in [0, 0.1) is 3.57 Å². The van der Waals surface area contributed by atoms with Gasteiger partial charge in [0, 0.05) is 9.13 Å². The minimum atomic E-state index is -0.952. The van der Waals surface area contributed by atoms with E-state index in [1.807, 2.05) is 0 Å². The number of benzene rings is 1. The van der Waals surface area contributed by atoms with Crippen LogP contribution in [0.3, 0.4) is 0 Å². The van der Waals surface area contributed by atoms with Gasteiger partial charge < -0.3 is 4.74 Å². The number of hydrogen-bond donors (Lipinski definition) is 0. The molecule has 0 radical (unpaired) electrons. The molecule has 0 aliphatic rings. The lowest BCUT2D eigenvalue weighted by Gasteiger charge is -2.01. The maximum atomic E-state index is 11.6. The van der Waals surface area contributed by atoms with E-state index in [4.69, 9.17) is 0 Å². The Labute approximate surface area is 112 Å². The number of rotatable bonds is 5. The zero-order valence-corrected chi connectivity index (χ0v) is 11.4. The number of ketones is 2. The van der Waals surface area contributed by atoms with Gasteiger partial charge in [-0.15, -0.1) is 0 Å². The third-order valence-electron chi connectivity index (χ3n) is 1.99. The molecule has 0 fully saturated rings. The molecule has 0 saturated carbocycles. The highest BCUT2D eigenvalue weighted by atomic mass is 127. The van der Waals surface area contributed by atoms with Crippen molar-refractivity contribution in [1.82, 2.24) is 0 Å². The summed E-state index contributed by atoms with van der Waals surface area (Å²) in [5, 5.41) is 0. The number of carbonyl (C=O) groups is 3. The van der Waals surface area contributed by atoms with Gasteiger partial charge in [0.25, 0.3) is 0 Å². The van der Waals surface area contributed by atoms with Crippen molar-refractivity contribution in [3.63, 3.8) is 0 Å². The van der Waals surface area contributed by atoms with E-state index in [1.165, 1.54) is 0 Å². The fourth-order valence-corrected chi connectivity index (χ4v) is 1.53. The first-order chi connectivity index (χ1) is 8.04. The van der Waals surface area contributed by atoms with Crippen LogP contribution in [0.5, 0.6) is 0 Å². The van der Waals surface area contributed by atoms with Crippen LogP contribution in [0.15, 0.2) is 24.3 Å². The van der Waals surface area contributed by atoms with Crippen molar-refractivity contribution in [3.8, 4) is 0 Å². The van der Waals surface area contributed by atoms with E-state index in [2.05, 4.69) is 27.3 Å². The molecular formula is C12H11IO4. The molecule has 0 N–H and O–H groups in total. The van der Waals surface area contributed by atoms with Crippen LogP contribution in [-0.2, 0) is 14.3 Å². The predicted octanol–water partition coefficient (Wildman–Crippen LogP) is 2.00. The van der Waals surface area contributed by atoms with E-state index in [0.29, 0.717) is 5.56 Å². The van der Waals surface area contributed by atoms with Crippen LogP contribution in [0.1, 0.15) is 23.7 Å². The monoisotopic (exact) mass is 346 g/mol. The van der Waals surface area contributed by atoms with E-state index in [0.717, 1.165) is 3.57 Å². The number of ether oxygens (including phenoxy) is 1. The third kappa shape index (κ3) is 4.26. The lowest BCUT2D eigenvalue weighted by Crippen LogP contribution is -2.20. The molecule has 0 aliphatic carbocycles. The van der Waals surface area contributed by atoms with Crippen molar-refractivity contribution in [3.05, 3.63) is 33.4 Å². The van der Waals surface area contributed by atoms with Gasteiger partial charge >= 0.3 is 5.97 Å². The Kier molecular flexibility index (Phi) is 5.27. The first-order valence-corrected chi connectivity index (χ1v) is 6.11. The average molecular weight is 346 g/mol. The summed E-state index contributed by atoms with van der Waals surface area (Å²) in [6.07, 6.45) is -0.445. The van der Waals surface area contributed by atoms with Crippen molar-refractivity contribution < 1.29 is 19.1 Å². The molecule has 0 heterocycles. The Hall–Kier alpha value is -1.24. The highest BCUT2D eigenvalue weighted by Gasteiger charge is 2.19. The lowest BCUT2D eigenvalue weighted by atomic mass is 10.1. The van der Waals surface area contributed by atoms with E-state index < -0.39 is 18.2 Å². The maximum Gasteiger partial charge on any atom is 0.375 e. The first kappa shape index (κ1) is 13.8. The van der Waals surface area contributed by atoms with E-state index in [-0.39, 0.29) is 12.4 Å². The lowest BCUT2D eigenvalue weighted by molar-refractivity contribution is -0.153. The van der Waals surface area contributed by atoms with E-state index in [9.17, 15) is 14.4 Å². The summed E-state index contributed by atoms with van der Waals surface area (Å²) >= 11 is 2.11. The zero-order valence-electron chi connectivity index (χ0n) is 9.23. The molecule has 0 unspecified atom stereocenters. The average Bonchev–Trinajstić information content (AvgIpc) is 2.30. The minimum Gasteiger partial charge on any atom is -0.460 e. The standard InChI is InChI=1S/C12H11IO4/c1-2-17-12(16)11(15)7-10(14)8-3-5-9(13)6-4-8/h3-6H,2,7H2,1H3. The van der Waals surface area contributed by atoms with Gasteiger partial charge in [-0.05, 0) is 41.6 Å². The third-order valence-corrected chi connectivity index (χ3v) is 2.71. The van der Waals surface area contributed by atoms with Crippen molar-refractivity contribution in [2.24, 2.45) is 0 Å². The molecule has 90 valence electrons. The molecule has 17 heavy (non-hydrogen) atoms. The fraction of sp³-hybridized carbons (Fsp3) is 0.250. The van der Waals surface area contributed by atoms with E-state index in [1.54, 1.807) is 31.2 Å². The largest absolute Gasteiger partial charge is 0.460 e. The summed E-state index contributed by atoms with van der Waals surface area (Å²) < 4.78 is 5.51. The molecule has 1 aromatic rings. The molecule has 0 aromatic heterocycles. The molecular weight excluding hydrogens is 335 g/mol. The molecule has 0 aliphatic heterocycles. The van der Waals surface area contributed by atoms with Gasteiger partial charge in [-0.3, -0.25) is 9.59 Å². The highest BCUT2D eigenvalue weighted by molar-refractivity contribution is 14.1. The van der Waals surface area contributed by atoms with Gasteiger partial charge in [-0.1, -0.05) is 12.1 Å². The van der Waals surface area contributed by atoms with Crippen molar-refractivity contribution in [2.75, 3.05) is 6.61 Å². The Morgan fingerprint density at radius 1 is 1.18 bits per heavy atom. The number of carbonyl (C=O) groups excluding carboxylic acids is 3. The minimum absolute atomic E-state index is 0.127. The molecule has 5 heteroatoms. The second kappa shape index (κ2) is 6.48. The van der Waals surface area contributed by atoms with Gasteiger partial charge in [-0.2, -0.15) is 0 Å². The molecule has 1 rings (SSSR count). The normalized spacial score (nSPS) is 9.76. The number of hydrogen-bond acceptors (Lipinski definition) is 4. The Morgan fingerprint density at radius 2 is 1.76 bits per heavy atom. The Bertz CT molecular complexity index is 436.